The molecule has 2 heterocycles. The molecule has 0 radical (unpaired) electrons. The van der Waals surface area contributed by atoms with Crippen LogP contribution in [-0.4, -0.2) is 56.3 Å². The zero-order valence-electron chi connectivity index (χ0n) is 24.1. The summed E-state index contributed by atoms with van der Waals surface area (Å²) in [5, 5.41) is 10.9. The quantitative estimate of drug-likeness (QED) is 0.102. The number of imide groups is 2. The van der Waals surface area contributed by atoms with Crippen molar-refractivity contribution in [1.29, 1.82) is 0 Å². The lowest BCUT2D eigenvalue weighted by molar-refractivity contribution is -0.274. The number of likely N-dealkylation sites (tertiary alicyclic amines) is 1. The van der Waals surface area contributed by atoms with Crippen LogP contribution in [-0.2, 0) is 19.2 Å². The molecule has 8 nitrogen and oxygen atoms in total. The number of aromatic hydroxyl groups is 1. The second-order valence-electron chi connectivity index (χ2n) is 11.8. The number of carbonyl (C=O) groups is 4. The van der Waals surface area contributed by atoms with Crippen LogP contribution >= 0.6 is 23.2 Å². The second kappa shape index (κ2) is 11.1. The van der Waals surface area contributed by atoms with Crippen molar-refractivity contribution in [3.05, 3.63) is 64.5 Å². The summed E-state index contributed by atoms with van der Waals surface area (Å²) < 4.78 is 116. The number of hydrogen-bond donors (Lipinski definition) is 1. The first-order valence-corrected chi connectivity index (χ1v) is 15.0. The summed E-state index contributed by atoms with van der Waals surface area (Å²) in [6.45, 7) is 1.69. The van der Waals surface area contributed by atoms with Crippen molar-refractivity contribution < 1.29 is 64.1 Å². The lowest BCUT2D eigenvalue weighted by Crippen LogP contribution is -2.60. The van der Waals surface area contributed by atoms with Crippen LogP contribution in [0.4, 0.5) is 40.8 Å². The van der Waals surface area contributed by atoms with E-state index in [1.165, 1.54) is 6.08 Å². The number of rotatable bonds is 5. The van der Waals surface area contributed by atoms with Gasteiger partial charge in [-0.3, -0.25) is 24.1 Å². The molecular weight excluding hydrogens is 707 g/mol. The number of hydrogen-bond acceptors (Lipinski definition) is 6. The Bertz CT molecular complexity index is 1830. The van der Waals surface area contributed by atoms with Gasteiger partial charge in [0.05, 0.1) is 11.8 Å². The summed E-state index contributed by atoms with van der Waals surface area (Å²) in [6, 6.07) is 2.02. The lowest BCUT2D eigenvalue weighted by atomic mass is 9.56. The third-order valence-corrected chi connectivity index (χ3v) is 10.7. The highest BCUT2D eigenvalue weighted by Gasteiger charge is 2.77. The van der Waals surface area contributed by atoms with Crippen LogP contribution in [0.25, 0.3) is 0 Å². The SMILES string of the molecule is CCCN1C(=O)C2CC=C3C(CC4(Cl)C(=O)N(c5c(F)c(F)c(F)c(F)c5F)C(=O)C4(Cl)C3c3cc(OC(F)(F)F)ccc3O)C2C1=O. The topological polar surface area (TPSA) is 104 Å². The maximum Gasteiger partial charge on any atom is 0.573 e. The van der Waals surface area contributed by atoms with Crippen molar-refractivity contribution in [2.24, 2.45) is 17.8 Å². The van der Waals surface area contributed by atoms with Gasteiger partial charge in [0.1, 0.15) is 17.2 Å². The lowest BCUT2D eigenvalue weighted by Gasteiger charge is -2.50. The zero-order valence-corrected chi connectivity index (χ0v) is 25.6. The molecule has 0 aromatic heterocycles. The van der Waals surface area contributed by atoms with E-state index in [2.05, 4.69) is 4.74 Å². The average molecular weight is 727 g/mol. The Hall–Kier alpha value is -3.92. The summed E-state index contributed by atoms with van der Waals surface area (Å²) in [4.78, 5) is 49.8. The predicted molar refractivity (Wildman–Crippen MR) is 148 cm³/mol. The molecular formula is C30H20Cl2F8N2O6. The number of amides is 4. The predicted octanol–water partition coefficient (Wildman–Crippen LogP) is 5.96. The van der Waals surface area contributed by atoms with Crippen LogP contribution < -0.4 is 9.64 Å². The molecule has 4 aliphatic rings. The van der Waals surface area contributed by atoms with Gasteiger partial charge >= 0.3 is 6.36 Å². The molecule has 0 spiro atoms. The first kappa shape index (κ1) is 34.0. The molecule has 1 saturated carbocycles. The fourth-order valence-corrected chi connectivity index (χ4v) is 8.31. The monoisotopic (exact) mass is 726 g/mol. The van der Waals surface area contributed by atoms with E-state index in [0.29, 0.717) is 18.6 Å². The highest BCUT2D eigenvalue weighted by atomic mass is 35.5. The van der Waals surface area contributed by atoms with E-state index in [1.807, 2.05) is 0 Å². The van der Waals surface area contributed by atoms with Crippen LogP contribution in [0.3, 0.4) is 0 Å². The number of carbonyl (C=O) groups excluding carboxylic acids is 4. The second-order valence-corrected chi connectivity index (χ2v) is 13.0. The molecule has 2 saturated heterocycles. The van der Waals surface area contributed by atoms with Gasteiger partial charge in [-0.15, -0.1) is 36.4 Å². The fourth-order valence-electron chi connectivity index (χ4n) is 7.38. The van der Waals surface area contributed by atoms with Crippen LogP contribution in [0.5, 0.6) is 11.5 Å². The molecule has 2 aliphatic carbocycles. The first-order valence-electron chi connectivity index (χ1n) is 14.2. The Morgan fingerprint density at radius 2 is 1.52 bits per heavy atom. The Kier molecular flexibility index (Phi) is 7.82. The smallest absolute Gasteiger partial charge is 0.508 e. The molecule has 6 rings (SSSR count). The molecule has 1 N–H and O–H groups in total. The molecule has 48 heavy (non-hydrogen) atoms. The van der Waals surface area contributed by atoms with Gasteiger partial charge < -0.3 is 9.84 Å². The first-order chi connectivity index (χ1) is 22.3. The normalized spacial score (nSPS) is 30.0. The molecule has 256 valence electrons. The van der Waals surface area contributed by atoms with Gasteiger partial charge in [0, 0.05) is 18.0 Å². The van der Waals surface area contributed by atoms with Crippen molar-refractivity contribution in [3.8, 4) is 11.5 Å². The number of benzene rings is 2. The maximum atomic E-state index is 15.1. The Morgan fingerprint density at radius 1 is 0.917 bits per heavy atom. The maximum absolute atomic E-state index is 15.1. The molecule has 6 atom stereocenters. The third kappa shape index (κ3) is 4.47. The van der Waals surface area contributed by atoms with Gasteiger partial charge in [-0.05, 0) is 43.4 Å². The summed E-state index contributed by atoms with van der Waals surface area (Å²) in [5.41, 5.74) is -2.71. The van der Waals surface area contributed by atoms with E-state index in [-0.39, 0.29) is 18.5 Å². The van der Waals surface area contributed by atoms with Crippen LogP contribution in [0.1, 0.15) is 37.7 Å². The molecule has 3 fully saturated rings. The third-order valence-electron chi connectivity index (χ3n) is 9.30. The summed E-state index contributed by atoms with van der Waals surface area (Å²) in [7, 11) is 0. The number of nitrogens with zero attached hydrogens (tertiary/aromatic N) is 2. The Morgan fingerprint density at radius 3 is 2.10 bits per heavy atom. The van der Waals surface area contributed by atoms with E-state index < -0.39 is 127 Å². The summed E-state index contributed by atoms with van der Waals surface area (Å²) in [5.74, 6) is -25.2. The minimum absolute atomic E-state index is 0.00463. The number of fused-ring (bicyclic) bond motifs is 4. The van der Waals surface area contributed by atoms with E-state index in [0.717, 1.165) is 11.0 Å². The highest BCUT2D eigenvalue weighted by molar-refractivity contribution is 6.58. The van der Waals surface area contributed by atoms with Crippen molar-refractivity contribution in [2.45, 2.75) is 48.2 Å². The molecule has 18 heteroatoms. The molecule has 4 amide bonds. The Balaban J connectivity index is 1.61. The average Bonchev–Trinajstić information content (AvgIpc) is 3.34. The number of halogens is 10. The minimum atomic E-state index is -5.27. The Labute approximate surface area is 274 Å². The summed E-state index contributed by atoms with van der Waals surface area (Å²) >= 11 is 13.8. The molecule has 2 aromatic carbocycles. The molecule has 2 aliphatic heterocycles. The van der Waals surface area contributed by atoms with Crippen molar-refractivity contribution in [2.75, 3.05) is 11.4 Å². The summed E-state index contributed by atoms with van der Waals surface area (Å²) in [6.07, 6.45) is -4.55. The van der Waals surface area contributed by atoms with E-state index in [4.69, 9.17) is 23.2 Å². The van der Waals surface area contributed by atoms with Gasteiger partial charge in [0.25, 0.3) is 11.8 Å². The number of phenolic OH excluding ortho intramolecular Hbond substituents is 1. The highest BCUT2D eigenvalue weighted by Crippen LogP contribution is 2.67. The largest absolute Gasteiger partial charge is 0.573 e. The van der Waals surface area contributed by atoms with E-state index in [1.54, 1.807) is 6.92 Å². The van der Waals surface area contributed by atoms with Crippen LogP contribution in [0, 0.1) is 46.8 Å². The molecule has 6 unspecified atom stereocenters. The minimum Gasteiger partial charge on any atom is -0.508 e. The van der Waals surface area contributed by atoms with E-state index >= 15 is 8.78 Å². The van der Waals surface area contributed by atoms with Crippen molar-refractivity contribution in [1.82, 2.24) is 4.90 Å². The van der Waals surface area contributed by atoms with Crippen molar-refractivity contribution >= 4 is 52.5 Å². The number of anilines is 1. The van der Waals surface area contributed by atoms with E-state index in [9.17, 15) is 50.6 Å². The number of alkyl halides is 5. The number of phenols is 1. The van der Waals surface area contributed by atoms with Crippen LogP contribution in [0.15, 0.2) is 29.8 Å². The van der Waals surface area contributed by atoms with Gasteiger partial charge in [-0.1, -0.05) is 18.6 Å². The fraction of sp³-hybridized carbons (Fsp3) is 0.400. The van der Waals surface area contributed by atoms with Crippen LogP contribution in [0.2, 0.25) is 0 Å². The van der Waals surface area contributed by atoms with Gasteiger partial charge in [-0.2, -0.15) is 0 Å². The van der Waals surface area contributed by atoms with Gasteiger partial charge in [0.2, 0.25) is 17.6 Å². The zero-order chi connectivity index (χ0) is 35.4. The molecule has 2 aromatic rings. The van der Waals surface area contributed by atoms with Crippen molar-refractivity contribution in [3.63, 3.8) is 0 Å². The number of allylic oxidation sites excluding steroid dienone is 2. The van der Waals surface area contributed by atoms with Gasteiger partial charge in [0.15, 0.2) is 33.0 Å². The number of ether oxygens (including phenoxy) is 1. The van der Waals surface area contributed by atoms with Gasteiger partial charge in [-0.25, -0.2) is 26.9 Å². The standard InChI is InChI=1S/C30H20Cl2F8N2O6/c1-2-7-41-24(44)12-5-4-11-14(16(12)25(41)45)9-28(31)26(46)42(23-21(36)19(34)18(33)20(35)22(23)37)27(47)29(28,32)17(11)13-8-10(3-6-15(13)43)48-30(38,39)40/h3-4,6,8,12,14,16-17,43H,2,5,7,9H2,1H3. The molecule has 0 bridgehead atoms.